The van der Waals surface area contributed by atoms with Gasteiger partial charge in [0, 0.05) is 59.3 Å². The molecule has 2 atom stereocenters. The largest absolute Gasteiger partial charge is 0.507 e. The van der Waals surface area contributed by atoms with Gasteiger partial charge in [0.05, 0.1) is 44.8 Å². The first-order chi connectivity index (χ1) is 25.7. The first-order valence-corrected chi connectivity index (χ1v) is 20.0. The molecule has 11 nitrogen and oxygen atoms in total. The van der Waals surface area contributed by atoms with E-state index in [2.05, 4.69) is 101 Å². The molecule has 308 valence electrons. The Labute approximate surface area is 345 Å². The number of guanidine groups is 1. The van der Waals surface area contributed by atoms with Crippen LogP contribution in [0.5, 0.6) is 11.5 Å². The van der Waals surface area contributed by atoms with Crippen molar-refractivity contribution in [2.75, 3.05) is 32.7 Å². The fourth-order valence-electron chi connectivity index (χ4n) is 7.45. The second-order valence-corrected chi connectivity index (χ2v) is 18.4. The van der Waals surface area contributed by atoms with Gasteiger partial charge in [-0.15, -0.1) is 0 Å². The second kappa shape index (κ2) is 19.5. The Morgan fingerprint density at radius 1 is 0.768 bits per heavy atom. The number of aryl methyl sites for hydroxylation is 1. The van der Waals surface area contributed by atoms with Crippen LogP contribution in [0.25, 0.3) is 0 Å². The molecule has 0 aromatic heterocycles. The number of carboxylic acid groups (broad SMARTS) is 2. The third-order valence-electron chi connectivity index (χ3n) is 10.8. The van der Waals surface area contributed by atoms with Crippen molar-refractivity contribution in [1.82, 2.24) is 10.2 Å². The summed E-state index contributed by atoms with van der Waals surface area (Å²) in [4.78, 5) is 30.9. The monoisotopic (exact) mass is 812 g/mol. The van der Waals surface area contributed by atoms with Crippen molar-refractivity contribution in [2.45, 2.75) is 142 Å². The van der Waals surface area contributed by atoms with Gasteiger partial charge in [-0.05, 0) is 70.8 Å². The van der Waals surface area contributed by atoms with Gasteiger partial charge in [-0.1, -0.05) is 87.3 Å². The average molecular weight is 813 g/mol. The topological polar surface area (TPSA) is 158 Å². The average Bonchev–Trinajstić information content (AvgIpc) is 3.10. The predicted octanol–water partition coefficient (Wildman–Crippen LogP) is 6.99. The van der Waals surface area contributed by atoms with Gasteiger partial charge in [-0.2, -0.15) is 0 Å². The van der Waals surface area contributed by atoms with E-state index in [1.165, 1.54) is 29.9 Å². The van der Waals surface area contributed by atoms with Gasteiger partial charge in [0.1, 0.15) is 11.5 Å². The van der Waals surface area contributed by atoms with E-state index in [4.69, 9.17) is 29.8 Å². The van der Waals surface area contributed by atoms with Crippen LogP contribution in [-0.2, 0) is 49.6 Å². The van der Waals surface area contributed by atoms with Crippen LogP contribution in [0.4, 0.5) is 0 Å². The van der Waals surface area contributed by atoms with E-state index in [0.29, 0.717) is 11.5 Å². The van der Waals surface area contributed by atoms with Crippen LogP contribution in [0.1, 0.15) is 141 Å². The minimum absolute atomic E-state index is 0. The van der Waals surface area contributed by atoms with Gasteiger partial charge in [0.2, 0.25) is 0 Å². The maximum Gasteiger partial charge on any atom is 0.414 e. The van der Waals surface area contributed by atoms with Crippen LogP contribution < -0.4 is 5.32 Å². The minimum atomic E-state index is -1.82. The number of nitrogens with zero attached hydrogens (tertiary/aromatic N) is 4. The summed E-state index contributed by atoms with van der Waals surface area (Å²) in [6, 6.07) is 8.64. The number of carboxylic acids is 2. The summed E-state index contributed by atoms with van der Waals surface area (Å²) >= 11 is 0. The van der Waals surface area contributed by atoms with E-state index in [0.717, 1.165) is 93.5 Å². The Hall–Kier alpha value is -3.88. The minimum Gasteiger partial charge on any atom is -0.507 e. The molecule has 0 radical (unpaired) electrons. The summed E-state index contributed by atoms with van der Waals surface area (Å²) in [6.07, 6.45) is 12.2. The van der Waals surface area contributed by atoms with Crippen LogP contribution in [0.2, 0.25) is 0 Å². The first-order valence-electron chi connectivity index (χ1n) is 20.0. The summed E-state index contributed by atoms with van der Waals surface area (Å²) < 4.78 is 2.50. The van der Waals surface area contributed by atoms with E-state index in [9.17, 15) is 10.2 Å². The van der Waals surface area contributed by atoms with E-state index in [-0.39, 0.29) is 45.7 Å². The van der Waals surface area contributed by atoms with Crippen LogP contribution in [-0.4, -0.2) is 105 Å². The van der Waals surface area contributed by atoms with Crippen molar-refractivity contribution in [3.63, 3.8) is 0 Å². The molecule has 1 saturated carbocycles. The normalized spacial score (nSPS) is 19.2. The maximum atomic E-state index is 11.6. The molecule has 5 N–H and O–H groups in total. The Bertz CT molecular complexity index is 1770. The number of aliphatic carboxylic acids is 2. The van der Waals surface area contributed by atoms with E-state index < -0.39 is 11.9 Å². The molecule has 56 heavy (non-hydrogen) atoms. The van der Waals surface area contributed by atoms with Crippen LogP contribution in [0.3, 0.4) is 0 Å². The quantitative estimate of drug-likeness (QED) is 0.108. The van der Waals surface area contributed by atoms with Crippen molar-refractivity contribution in [2.24, 2.45) is 9.98 Å². The smallest absolute Gasteiger partial charge is 0.414 e. The molecule has 3 aliphatic rings. The third kappa shape index (κ3) is 12.6. The van der Waals surface area contributed by atoms with Gasteiger partial charge in [-0.3, -0.25) is 24.8 Å². The van der Waals surface area contributed by atoms with Gasteiger partial charge in [0.15, 0.2) is 0 Å². The first kappa shape index (κ1) is 46.5. The maximum absolute atomic E-state index is 11.6. The van der Waals surface area contributed by atoms with E-state index >= 15 is 0 Å². The van der Waals surface area contributed by atoms with Crippen LogP contribution in [0.15, 0.2) is 34.3 Å². The molecule has 2 unspecified atom stereocenters. The molecule has 2 heterocycles. The van der Waals surface area contributed by atoms with E-state index in [1.807, 2.05) is 12.4 Å². The van der Waals surface area contributed by atoms with Crippen molar-refractivity contribution >= 4 is 30.3 Å². The Morgan fingerprint density at radius 3 is 1.80 bits per heavy atom. The molecule has 0 bridgehead atoms. The van der Waals surface area contributed by atoms with Crippen LogP contribution in [0, 0.1) is 0 Å². The van der Waals surface area contributed by atoms with Gasteiger partial charge >= 0.3 is 17.9 Å². The van der Waals surface area contributed by atoms with Crippen molar-refractivity contribution in [3.8, 4) is 11.5 Å². The molecule has 2 aliphatic heterocycles. The molecule has 0 amide bonds. The van der Waals surface area contributed by atoms with E-state index in [1.54, 1.807) is 0 Å². The molecule has 2 aromatic carbocycles. The Morgan fingerprint density at radius 2 is 1.29 bits per heavy atom. The molecule has 0 saturated heterocycles. The molecule has 1 aliphatic carbocycles. The number of hydrogen-bond acceptors (Lipinski definition) is 8. The number of phenols is 2. The number of phenolic OH excluding ortho intramolecular Hbond substituents is 2. The zero-order chi connectivity index (χ0) is 40.7. The molecule has 5 rings (SSSR count). The number of aliphatic imine (C=N–C) groups is 2. The van der Waals surface area contributed by atoms with Crippen molar-refractivity contribution in [3.05, 3.63) is 57.6 Å². The molecule has 1 fully saturated rings. The number of rotatable bonds is 8. The zero-order valence-corrected chi connectivity index (χ0v) is 36.4. The predicted molar refractivity (Wildman–Crippen MR) is 221 cm³/mol. The van der Waals surface area contributed by atoms with Gasteiger partial charge < -0.3 is 20.4 Å². The fourth-order valence-corrected chi connectivity index (χ4v) is 7.45. The number of nitrogens with one attached hydrogen (secondary N) is 1. The zero-order valence-electron chi connectivity index (χ0n) is 35.1. The van der Waals surface area contributed by atoms with Gasteiger partial charge in [0.25, 0.3) is 0 Å². The SMILES string of the molecule is CC(C)(C)c1cc(C=NC2CCCCC2N=Cc2cc(C(C)(C)C)cc(C(C)(C)C)c2O)c(O)c(CCCN2CCC[N+]3=C2NCCC3)c1.O=C(O)C(=O)O.[Cr]. The standard InChI is InChI=1S/C42H63N5O2.C2H2O4.Cr/c1-40(2,3)32-23-29(15-12-19-46-21-14-22-47-20-13-18-43-39(46)47)37(48)30(24-32)27-44-35-16-10-11-17-36(35)45-28-31-25-33(41(4,5)6)26-34(38(31)49)42(7,8)9;3-1(4)2(5)6;/h23-28,35-36H,10-22H2,1-9H3,(H2,44,45,48,49);(H,3,4)(H,5,6);/p+1. The Balaban J connectivity index is 0.00000111. The summed E-state index contributed by atoms with van der Waals surface area (Å²) in [6.45, 7) is 25.2. The summed E-state index contributed by atoms with van der Waals surface area (Å²) in [5, 5.41) is 41.3. The fraction of sp³-hybridized carbons (Fsp3) is 0.614. The van der Waals surface area contributed by atoms with Crippen LogP contribution >= 0.6 is 0 Å². The van der Waals surface area contributed by atoms with Crippen molar-refractivity contribution < 1.29 is 52.0 Å². The number of carbonyl (C=O) groups is 2. The molecule has 2 aromatic rings. The third-order valence-corrected chi connectivity index (χ3v) is 10.8. The summed E-state index contributed by atoms with van der Waals surface area (Å²) in [7, 11) is 0. The molecular formula is C44H66CrN5O6+. The number of hydrogen-bond donors (Lipinski definition) is 5. The summed E-state index contributed by atoms with van der Waals surface area (Å²) in [5.41, 5.74) is 5.67. The van der Waals surface area contributed by atoms with Gasteiger partial charge in [-0.25, -0.2) is 9.59 Å². The number of benzene rings is 2. The number of aromatic hydroxyl groups is 2. The molecule has 0 spiro atoms. The summed E-state index contributed by atoms with van der Waals surface area (Å²) in [5.74, 6) is -1.67. The molecule has 12 heteroatoms. The second-order valence-electron chi connectivity index (χ2n) is 18.4. The molecular weight excluding hydrogens is 747 g/mol. The van der Waals surface area contributed by atoms with Crippen molar-refractivity contribution in [1.29, 1.82) is 0 Å². The Kier molecular flexibility index (Phi) is 16.2.